The van der Waals surface area contributed by atoms with Gasteiger partial charge >= 0.3 is 0 Å². The van der Waals surface area contributed by atoms with E-state index in [2.05, 4.69) is 14.5 Å². The Morgan fingerprint density at radius 2 is 1.96 bits per heavy atom. The van der Waals surface area contributed by atoms with Gasteiger partial charge < -0.3 is 9.47 Å². The van der Waals surface area contributed by atoms with Crippen molar-refractivity contribution < 1.29 is 9.59 Å². The van der Waals surface area contributed by atoms with E-state index in [4.69, 9.17) is 11.6 Å². The van der Waals surface area contributed by atoms with Crippen LogP contribution in [-0.4, -0.2) is 45.3 Å². The molecule has 2 fully saturated rings. The van der Waals surface area contributed by atoms with Crippen molar-refractivity contribution in [1.82, 2.24) is 9.47 Å². The number of Topliss-reactive ketones (excluding diaryl/α,β-unsaturated/α-hetero) is 1. The number of carbonyl (C=O) groups is 2. The lowest BCUT2D eigenvalue weighted by Gasteiger charge is -2.29. The molecule has 5 nitrogen and oxygen atoms in total. The van der Waals surface area contributed by atoms with Crippen LogP contribution in [-0.2, 0) is 17.8 Å². The number of aliphatic imine (C=N–C) groups is 1. The fourth-order valence-electron chi connectivity index (χ4n) is 5.12. The highest BCUT2D eigenvalue weighted by molar-refractivity contribution is 6.28. The highest BCUT2D eigenvalue weighted by Crippen LogP contribution is 2.34. The molecule has 152 valence electrons. The van der Waals surface area contributed by atoms with Crippen LogP contribution >= 0.6 is 11.6 Å². The molecule has 1 amide bonds. The number of amides is 1. The second-order valence-corrected chi connectivity index (χ2v) is 9.20. The van der Waals surface area contributed by atoms with Crippen LogP contribution in [0.5, 0.6) is 0 Å². The number of nitrogens with zero attached hydrogens (tertiary/aromatic N) is 3. The number of likely N-dealkylation sites (tertiary alicyclic amines) is 1. The van der Waals surface area contributed by atoms with Crippen LogP contribution in [0.4, 0.5) is 5.82 Å². The molecule has 0 radical (unpaired) electrons. The number of hydrogen-bond acceptors (Lipinski definition) is 3. The molecule has 1 unspecified atom stereocenters. The van der Waals surface area contributed by atoms with E-state index in [9.17, 15) is 9.59 Å². The van der Waals surface area contributed by atoms with E-state index in [1.807, 2.05) is 6.20 Å². The van der Waals surface area contributed by atoms with Crippen LogP contribution in [0.1, 0.15) is 74.2 Å². The van der Waals surface area contributed by atoms with Gasteiger partial charge in [0, 0.05) is 49.1 Å². The van der Waals surface area contributed by atoms with Gasteiger partial charge in [0.25, 0.3) is 0 Å². The third kappa shape index (κ3) is 4.05. The third-order valence-corrected chi connectivity index (χ3v) is 6.85. The van der Waals surface area contributed by atoms with Crippen LogP contribution < -0.4 is 0 Å². The Kier molecular flexibility index (Phi) is 5.91. The highest BCUT2D eigenvalue weighted by atomic mass is 35.5. The van der Waals surface area contributed by atoms with E-state index in [-0.39, 0.29) is 17.2 Å². The molecule has 28 heavy (non-hydrogen) atoms. The van der Waals surface area contributed by atoms with Gasteiger partial charge in [-0.2, -0.15) is 0 Å². The molecule has 0 bridgehead atoms. The molecule has 6 heteroatoms. The quantitative estimate of drug-likeness (QED) is 0.536. The number of halogens is 1. The summed E-state index contributed by atoms with van der Waals surface area (Å²) in [6.07, 6.45) is 13.3. The number of rotatable bonds is 5. The molecular formula is C22H30ClN3O2. The zero-order valence-corrected chi connectivity index (χ0v) is 17.5. The first-order chi connectivity index (χ1) is 13.5. The van der Waals surface area contributed by atoms with Crippen molar-refractivity contribution in [2.75, 3.05) is 6.54 Å². The van der Waals surface area contributed by atoms with Crippen molar-refractivity contribution in [3.05, 3.63) is 17.3 Å². The Balaban J connectivity index is 1.49. The maximum absolute atomic E-state index is 13.0. The molecule has 3 heterocycles. The molecule has 4 rings (SSSR count). The molecule has 1 saturated heterocycles. The maximum Gasteiger partial charge on any atom is 0.223 e. The molecule has 0 N–H and O–H groups in total. The summed E-state index contributed by atoms with van der Waals surface area (Å²) in [4.78, 5) is 31.7. The Morgan fingerprint density at radius 3 is 2.71 bits per heavy atom. The van der Waals surface area contributed by atoms with Gasteiger partial charge in [-0.05, 0) is 44.9 Å². The van der Waals surface area contributed by atoms with Crippen molar-refractivity contribution in [2.24, 2.45) is 10.9 Å². The largest absolute Gasteiger partial charge is 0.338 e. The summed E-state index contributed by atoms with van der Waals surface area (Å²) in [5.74, 6) is 1.77. The summed E-state index contributed by atoms with van der Waals surface area (Å²) in [5, 5.41) is -0.165. The van der Waals surface area contributed by atoms with Crippen molar-refractivity contribution in [2.45, 2.75) is 82.7 Å². The van der Waals surface area contributed by atoms with Gasteiger partial charge in [-0.25, -0.2) is 4.99 Å². The summed E-state index contributed by atoms with van der Waals surface area (Å²) in [6.45, 7) is 3.15. The van der Waals surface area contributed by atoms with Crippen LogP contribution in [0.3, 0.4) is 0 Å². The highest BCUT2D eigenvalue weighted by Gasteiger charge is 2.32. The number of hydrogen-bond donors (Lipinski definition) is 0. The Morgan fingerprint density at radius 1 is 1.18 bits per heavy atom. The molecule has 0 spiro atoms. The minimum absolute atomic E-state index is 0.0487. The van der Waals surface area contributed by atoms with Crippen molar-refractivity contribution in [3.8, 4) is 0 Å². The molecule has 2 atom stereocenters. The number of carbonyl (C=O) groups excluding carboxylic acids is 2. The van der Waals surface area contributed by atoms with E-state index >= 15 is 0 Å². The average molecular weight is 404 g/mol. The van der Waals surface area contributed by atoms with Gasteiger partial charge in [0.2, 0.25) is 5.91 Å². The normalized spacial score (nSPS) is 25.1. The predicted molar refractivity (Wildman–Crippen MR) is 112 cm³/mol. The zero-order chi connectivity index (χ0) is 19.7. The molecule has 3 aliphatic rings. The number of fused-ring (bicyclic) bond motifs is 1. The van der Waals surface area contributed by atoms with Gasteiger partial charge in [0.1, 0.15) is 5.82 Å². The average Bonchev–Trinajstić information content (AvgIpc) is 3.27. The van der Waals surface area contributed by atoms with Gasteiger partial charge in [0.05, 0.1) is 5.38 Å². The van der Waals surface area contributed by atoms with Gasteiger partial charge in [-0.15, -0.1) is 11.6 Å². The number of ketones is 1. The lowest BCUT2D eigenvalue weighted by atomic mass is 9.86. The van der Waals surface area contributed by atoms with Gasteiger partial charge in [-0.1, -0.05) is 19.3 Å². The van der Waals surface area contributed by atoms with Crippen LogP contribution in [0.2, 0.25) is 0 Å². The molecule has 1 aliphatic carbocycles. The van der Waals surface area contributed by atoms with E-state index in [0.717, 1.165) is 36.3 Å². The minimum atomic E-state index is -0.165. The molecule has 2 aliphatic heterocycles. The van der Waals surface area contributed by atoms with E-state index < -0.39 is 0 Å². The van der Waals surface area contributed by atoms with Crippen LogP contribution in [0.25, 0.3) is 0 Å². The standard InChI is InChI=1S/C22H30ClN3O2/c1-15(27)20-14-25(22-19(20)11-17(23)12-24-22)13-18-8-5-9-26(18)21(28)10-16-6-3-2-4-7-16/h12,14,16-18H,2-11,13H2,1H3/t17?,18-/m0/s1. The van der Waals surface area contributed by atoms with Crippen molar-refractivity contribution in [1.29, 1.82) is 0 Å². The topological polar surface area (TPSA) is 54.7 Å². The smallest absolute Gasteiger partial charge is 0.223 e. The first-order valence-corrected chi connectivity index (χ1v) is 11.2. The maximum atomic E-state index is 13.0. The second-order valence-electron chi connectivity index (χ2n) is 8.64. The fraction of sp³-hybridized carbons (Fsp3) is 0.682. The first-order valence-electron chi connectivity index (χ1n) is 10.7. The van der Waals surface area contributed by atoms with E-state index in [0.29, 0.717) is 31.2 Å². The van der Waals surface area contributed by atoms with Crippen LogP contribution in [0, 0.1) is 5.92 Å². The summed E-state index contributed by atoms with van der Waals surface area (Å²) in [7, 11) is 0. The predicted octanol–water partition coefficient (Wildman–Crippen LogP) is 4.52. The first kappa shape index (κ1) is 19.7. The summed E-state index contributed by atoms with van der Waals surface area (Å²) in [6, 6.07) is 0.191. The van der Waals surface area contributed by atoms with Gasteiger partial charge in [-0.3, -0.25) is 9.59 Å². The lowest BCUT2D eigenvalue weighted by molar-refractivity contribution is -0.133. The third-order valence-electron chi connectivity index (χ3n) is 6.58. The second kappa shape index (κ2) is 8.40. The Bertz CT molecular complexity index is 779. The van der Waals surface area contributed by atoms with Crippen molar-refractivity contribution in [3.63, 3.8) is 0 Å². The Labute approximate surface area is 172 Å². The van der Waals surface area contributed by atoms with E-state index in [1.165, 1.54) is 32.1 Å². The van der Waals surface area contributed by atoms with Crippen molar-refractivity contribution >= 4 is 35.3 Å². The minimum Gasteiger partial charge on any atom is -0.338 e. The number of aromatic nitrogens is 1. The SMILES string of the molecule is CC(=O)c1cn(C[C@@H]2CCCN2C(=O)CC2CCCCC2)c2c1CC(Cl)C=N2. The summed E-state index contributed by atoms with van der Waals surface area (Å²) >= 11 is 6.24. The summed E-state index contributed by atoms with van der Waals surface area (Å²) in [5.41, 5.74) is 1.67. The number of alkyl halides is 1. The lowest BCUT2D eigenvalue weighted by Crippen LogP contribution is -2.39. The summed E-state index contributed by atoms with van der Waals surface area (Å²) < 4.78 is 2.07. The molecule has 0 aromatic carbocycles. The van der Waals surface area contributed by atoms with Crippen LogP contribution in [0.15, 0.2) is 11.2 Å². The fourth-order valence-corrected chi connectivity index (χ4v) is 5.33. The van der Waals surface area contributed by atoms with Gasteiger partial charge in [0.15, 0.2) is 5.78 Å². The zero-order valence-electron chi connectivity index (χ0n) is 16.7. The monoisotopic (exact) mass is 403 g/mol. The van der Waals surface area contributed by atoms with E-state index in [1.54, 1.807) is 13.1 Å². The molecule has 1 aromatic heterocycles. The molecule has 1 aromatic rings. The molecule has 1 saturated carbocycles. The molecular weight excluding hydrogens is 374 g/mol. The Hall–Kier alpha value is -1.62.